The Morgan fingerprint density at radius 3 is 2.50 bits per heavy atom. The fourth-order valence-corrected chi connectivity index (χ4v) is 4.52. The molecule has 0 amide bonds. The van der Waals surface area contributed by atoms with Gasteiger partial charge in [-0.15, -0.1) is 0 Å². The first-order chi connectivity index (χ1) is 10.7. The van der Waals surface area contributed by atoms with Crippen molar-refractivity contribution < 1.29 is 8.42 Å². The van der Waals surface area contributed by atoms with Crippen molar-refractivity contribution in [3.63, 3.8) is 0 Å². The van der Waals surface area contributed by atoms with Crippen molar-refractivity contribution in [1.29, 1.82) is 0 Å². The average molecular weight is 312 g/mol. The third-order valence-electron chi connectivity index (χ3n) is 4.23. The van der Waals surface area contributed by atoms with E-state index in [0.717, 1.165) is 28.6 Å². The number of nitrogens with zero attached hydrogens (tertiary/aromatic N) is 1. The highest BCUT2D eigenvalue weighted by Gasteiger charge is 2.29. The van der Waals surface area contributed by atoms with Gasteiger partial charge in [0.2, 0.25) is 10.0 Å². The Kier molecular flexibility index (Phi) is 3.06. The summed E-state index contributed by atoms with van der Waals surface area (Å²) in [5.41, 5.74) is 3.33. The molecule has 0 fully saturated rings. The molecule has 3 aromatic rings. The van der Waals surface area contributed by atoms with Crippen molar-refractivity contribution in [1.82, 2.24) is 9.29 Å². The molecule has 0 unspecified atom stereocenters. The van der Waals surface area contributed by atoms with Gasteiger partial charge in [0.05, 0.1) is 4.90 Å². The smallest absolute Gasteiger partial charge is 0.243 e. The van der Waals surface area contributed by atoms with Crippen molar-refractivity contribution >= 4 is 20.9 Å². The van der Waals surface area contributed by atoms with Crippen LogP contribution in [0.25, 0.3) is 10.9 Å². The molecule has 4 nitrogen and oxygen atoms in total. The monoisotopic (exact) mass is 312 g/mol. The largest absolute Gasteiger partial charge is 0.358 e. The lowest BCUT2D eigenvalue weighted by atomic mass is 10.1. The van der Waals surface area contributed by atoms with Gasteiger partial charge in [0, 0.05) is 36.1 Å². The van der Waals surface area contributed by atoms with Gasteiger partial charge in [-0.2, -0.15) is 4.31 Å². The molecule has 2 aromatic carbocycles. The molecule has 4 rings (SSSR count). The Morgan fingerprint density at radius 1 is 0.955 bits per heavy atom. The fraction of sp³-hybridized carbons (Fsp3) is 0.176. The van der Waals surface area contributed by atoms with Gasteiger partial charge < -0.3 is 4.98 Å². The van der Waals surface area contributed by atoms with Gasteiger partial charge in [-0.25, -0.2) is 8.42 Å². The number of hydrogen-bond acceptors (Lipinski definition) is 2. The molecule has 0 aliphatic carbocycles. The Balaban J connectivity index is 1.76. The van der Waals surface area contributed by atoms with Crippen LogP contribution in [0.2, 0.25) is 0 Å². The molecule has 0 radical (unpaired) electrons. The van der Waals surface area contributed by atoms with Crippen LogP contribution < -0.4 is 0 Å². The highest BCUT2D eigenvalue weighted by atomic mass is 32.2. The summed E-state index contributed by atoms with van der Waals surface area (Å²) < 4.78 is 27.1. The molecular formula is C17H16N2O2S. The van der Waals surface area contributed by atoms with Crippen molar-refractivity contribution in [3.05, 3.63) is 65.9 Å². The van der Waals surface area contributed by atoms with Gasteiger partial charge in [0.1, 0.15) is 0 Å². The summed E-state index contributed by atoms with van der Waals surface area (Å²) in [5.74, 6) is 0. The number of benzene rings is 2. The predicted molar refractivity (Wildman–Crippen MR) is 86.0 cm³/mol. The molecule has 22 heavy (non-hydrogen) atoms. The van der Waals surface area contributed by atoms with E-state index in [2.05, 4.69) is 4.98 Å². The Hall–Kier alpha value is -2.11. The number of para-hydroxylation sites is 1. The first-order valence-electron chi connectivity index (χ1n) is 7.30. The number of aromatic amines is 1. The molecule has 5 heteroatoms. The number of aromatic nitrogens is 1. The number of H-pyrrole nitrogens is 1. The predicted octanol–water partition coefficient (Wildman–Crippen LogP) is 2.91. The van der Waals surface area contributed by atoms with E-state index < -0.39 is 10.0 Å². The lowest BCUT2D eigenvalue weighted by Gasteiger charge is -2.26. The molecule has 1 N–H and O–H groups in total. The van der Waals surface area contributed by atoms with Gasteiger partial charge in [-0.05, 0) is 23.8 Å². The summed E-state index contributed by atoms with van der Waals surface area (Å²) in [6, 6.07) is 16.7. The minimum atomic E-state index is -3.43. The maximum atomic E-state index is 12.8. The number of rotatable bonds is 2. The van der Waals surface area contributed by atoms with Crippen molar-refractivity contribution in [2.24, 2.45) is 0 Å². The van der Waals surface area contributed by atoms with Gasteiger partial charge in [-0.3, -0.25) is 0 Å². The molecule has 0 saturated carbocycles. The minimum absolute atomic E-state index is 0.360. The summed E-state index contributed by atoms with van der Waals surface area (Å²) in [6.45, 7) is 0.938. The molecule has 1 aliphatic heterocycles. The first-order valence-corrected chi connectivity index (χ1v) is 8.74. The van der Waals surface area contributed by atoms with E-state index >= 15 is 0 Å². The topological polar surface area (TPSA) is 53.2 Å². The van der Waals surface area contributed by atoms with Crippen molar-refractivity contribution in [2.75, 3.05) is 6.54 Å². The van der Waals surface area contributed by atoms with Crippen molar-refractivity contribution in [2.45, 2.75) is 17.9 Å². The zero-order chi connectivity index (χ0) is 15.2. The Morgan fingerprint density at radius 2 is 1.68 bits per heavy atom. The summed E-state index contributed by atoms with van der Waals surface area (Å²) >= 11 is 0. The number of nitrogens with one attached hydrogen (secondary N) is 1. The normalized spacial score (nSPS) is 15.8. The quantitative estimate of drug-likeness (QED) is 0.791. The van der Waals surface area contributed by atoms with Crippen LogP contribution in [0.15, 0.2) is 59.5 Å². The molecule has 0 spiro atoms. The van der Waals surface area contributed by atoms with Gasteiger partial charge in [0.25, 0.3) is 0 Å². The molecule has 0 saturated heterocycles. The highest BCUT2D eigenvalue weighted by Crippen LogP contribution is 2.30. The molecule has 112 valence electrons. The first kappa shape index (κ1) is 13.5. The van der Waals surface area contributed by atoms with Gasteiger partial charge in [0.15, 0.2) is 0 Å². The fourth-order valence-electron chi connectivity index (χ4n) is 3.09. The lowest BCUT2D eigenvalue weighted by Crippen LogP contribution is -2.35. The zero-order valence-corrected chi connectivity index (χ0v) is 12.8. The van der Waals surface area contributed by atoms with E-state index in [1.54, 1.807) is 28.6 Å². The summed E-state index contributed by atoms with van der Waals surface area (Å²) in [4.78, 5) is 3.77. The summed E-state index contributed by atoms with van der Waals surface area (Å²) in [5, 5.41) is 1.12. The van der Waals surface area contributed by atoms with Crippen LogP contribution in [0.1, 0.15) is 11.3 Å². The second-order valence-electron chi connectivity index (χ2n) is 5.53. The number of hydrogen-bond donors (Lipinski definition) is 1. The molecule has 1 aromatic heterocycles. The average Bonchev–Trinajstić information content (AvgIpc) is 2.93. The number of sulfonamides is 1. The highest BCUT2D eigenvalue weighted by molar-refractivity contribution is 7.89. The van der Waals surface area contributed by atoms with Gasteiger partial charge in [-0.1, -0.05) is 36.4 Å². The molecular weight excluding hydrogens is 296 g/mol. The van der Waals surface area contributed by atoms with E-state index in [1.165, 1.54) is 0 Å². The Bertz CT molecular complexity index is 930. The van der Waals surface area contributed by atoms with E-state index in [9.17, 15) is 8.42 Å². The van der Waals surface area contributed by atoms with Crippen molar-refractivity contribution in [3.8, 4) is 0 Å². The van der Waals surface area contributed by atoms with Gasteiger partial charge >= 0.3 is 0 Å². The second-order valence-corrected chi connectivity index (χ2v) is 7.47. The van der Waals surface area contributed by atoms with Crippen LogP contribution in [0, 0.1) is 0 Å². The molecule has 1 aliphatic rings. The van der Waals surface area contributed by atoms with E-state index in [1.807, 2.05) is 30.3 Å². The molecule has 2 heterocycles. The van der Waals surface area contributed by atoms with E-state index in [4.69, 9.17) is 0 Å². The van der Waals surface area contributed by atoms with E-state index in [-0.39, 0.29) is 0 Å². The third-order valence-corrected chi connectivity index (χ3v) is 6.09. The van der Waals surface area contributed by atoms with Crippen LogP contribution in [-0.2, 0) is 23.0 Å². The second kappa shape index (κ2) is 4.97. The third kappa shape index (κ3) is 2.05. The minimum Gasteiger partial charge on any atom is -0.358 e. The Labute approximate surface area is 129 Å². The van der Waals surface area contributed by atoms with E-state index in [0.29, 0.717) is 18.0 Å². The van der Waals surface area contributed by atoms with Crippen LogP contribution in [0.3, 0.4) is 0 Å². The lowest BCUT2D eigenvalue weighted by molar-refractivity contribution is 0.391. The zero-order valence-electron chi connectivity index (χ0n) is 12.0. The SMILES string of the molecule is O=S(=O)(c1ccccc1)N1CCc2[nH]c3ccccc3c2C1. The molecule has 0 atom stereocenters. The maximum Gasteiger partial charge on any atom is 0.243 e. The van der Waals surface area contributed by atoms with Crippen LogP contribution >= 0.6 is 0 Å². The standard InChI is InChI=1S/C17H16N2O2S/c20-22(21,13-6-2-1-3-7-13)19-11-10-17-15(12-19)14-8-4-5-9-16(14)18-17/h1-9,18H,10-12H2. The maximum absolute atomic E-state index is 12.8. The summed E-state index contributed by atoms with van der Waals surface area (Å²) in [7, 11) is -3.43. The molecule has 0 bridgehead atoms. The van der Waals surface area contributed by atoms with Crippen LogP contribution in [0.5, 0.6) is 0 Å². The van der Waals surface area contributed by atoms with Crippen LogP contribution in [0.4, 0.5) is 0 Å². The number of fused-ring (bicyclic) bond motifs is 3. The summed E-state index contributed by atoms with van der Waals surface area (Å²) in [6.07, 6.45) is 0.718. The van der Waals surface area contributed by atoms with Crippen LogP contribution in [-0.4, -0.2) is 24.3 Å².